The fourth-order valence-electron chi connectivity index (χ4n) is 5.91. The molecule has 1 saturated carbocycles. The monoisotopic (exact) mass is 563 g/mol. The summed E-state index contributed by atoms with van der Waals surface area (Å²) in [7, 11) is 1.91. The molecule has 1 aliphatic carbocycles. The van der Waals surface area contributed by atoms with Crippen LogP contribution < -0.4 is 9.80 Å². The van der Waals surface area contributed by atoms with E-state index in [0.717, 1.165) is 73.7 Å². The van der Waals surface area contributed by atoms with Gasteiger partial charge in [0.2, 0.25) is 0 Å². The number of benzene rings is 2. The summed E-state index contributed by atoms with van der Waals surface area (Å²) >= 11 is 0. The number of aromatic nitrogens is 3. The molecule has 0 atom stereocenters. The molecule has 3 heterocycles. The van der Waals surface area contributed by atoms with Gasteiger partial charge < -0.3 is 14.4 Å². The van der Waals surface area contributed by atoms with Crippen molar-refractivity contribution in [1.82, 2.24) is 19.4 Å². The largest absolute Gasteiger partial charge is 0.355 e. The van der Waals surface area contributed by atoms with Crippen molar-refractivity contribution in [3.05, 3.63) is 89.5 Å². The Labute approximate surface area is 247 Å². The molecule has 0 spiro atoms. The van der Waals surface area contributed by atoms with E-state index in [1.54, 1.807) is 12.1 Å². The number of rotatable bonds is 9. The molecule has 2 aromatic heterocycles. The highest BCUT2D eigenvalue weighted by atomic mass is 19.1. The Morgan fingerprint density at radius 1 is 1.07 bits per heavy atom. The molecular formula is C34H38FN7. The van der Waals surface area contributed by atoms with Crippen molar-refractivity contribution < 1.29 is 4.39 Å². The number of anilines is 2. The standard InChI is InChI=1S/C34H38FN7/c1-24(2)27-12-13-30-31(19-27)42(21-25-6-4-7-25)34(37-30)23-40-14-16-41(17-15-40)33-9-5-8-32(38-33)39(3)22-28-11-10-26(20-36)18-29(28)35/h5,8-13,18-19,25H,1,4,6-7,14-17,21-23H2,2-3H3. The van der Waals surface area contributed by atoms with Gasteiger partial charge in [-0.05, 0) is 67.6 Å². The number of fused-ring (bicyclic) bond motifs is 1. The number of hydrogen-bond donors (Lipinski definition) is 0. The Morgan fingerprint density at radius 3 is 2.57 bits per heavy atom. The van der Waals surface area contributed by atoms with Gasteiger partial charge in [-0.1, -0.05) is 36.8 Å². The van der Waals surface area contributed by atoms with Gasteiger partial charge >= 0.3 is 0 Å². The summed E-state index contributed by atoms with van der Waals surface area (Å²) in [4.78, 5) is 16.8. The van der Waals surface area contributed by atoms with Gasteiger partial charge in [0.25, 0.3) is 0 Å². The molecule has 7 nitrogen and oxygen atoms in total. The van der Waals surface area contributed by atoms with Gasteiger partial charge in [0.15, 0.2) is 0 Å². The van der Waals surface area contributed by atoms with Crippen LogP contribution in [0.2, 0.25) is 0 Å². The van der Waals surface area contributed by atoms with Crippen molar-refractivity contribution in [2.75, 3.05) is 43.0 Å². The lowest BCUT2D eigenvalue weighted by Crippen LogP contribution is -2.46. The summed E-state index contributed by atoms with van der Waals surface area (Å²) in [5.74, 6) is 3.25. The van der Waals surface area contributed by atoms with Crippen molar-refractivity contribution in [2.24, 2.45) is 5.92 Å². The van der Waals surface area contributed by atoms with Crippen LogP contribution in [0.4, 0.5) is 16.0 Å². The van der Waals surface area contributed by atoms with E-state index in [9.17, 15) is 4.39 Å². The van der Waals surface area contributed by atoms with Crippen LogP contribution in [0.15, 0.2) is 61.2 Å². The van der Waals surface area contributed by atoms with E-state index in [4.69, 9.17) is 15.2 Å². The molecule has 8 heteroatoms. The van der Waals surface area contributed by atoms with E-state index in [1.165, 1.54) is 36.4 Å². The smallest absolute Gasteiger partial charge is 0.131 e. The van der Waals surface area contributed by atoms with Crippen molar-refractivity contribution >= 4 is 28.2 Å². The molecule has 0 bridgehead atoms. The maximum Gasteiger partial charge on any atom is 0.131 e. The number of piperazine rings is 1. The molecular weight excluding hydrogens is 525 g/mol. The Bertz CT molecular complexity index is 1640. The van der Waals surface area contributed by atoms with Gasteiger partial charge in [0, 0.05) is 51.9 Å². The molecule has 2 fully saturated rings. The molecule has 42 heavy (non-hydrogen) atoms. The summed E-state index contributed by atoms with van der Waals surface area (Å²) in [6.45, 7) is 12.1. The first-order valence-electron chi connectivity index (χ1n) is 14.9. The molecule has 216 valence electrons. The summed E-state index contributed by atoms with van der Waals surface area (Å²) in [5.41, 5.74) is 5.42. The van der Waals surface area contributed by atoms with Gasteiger partial charge in [-0.15, -0.1) is 0 Å². The molecule has 2 aliphatic rings. The zero-order valence-electron chi connectivity index (χ0n) is 24.6. The minimum Gasteiger partial charge on any atom is -0.355 e. The lowest BCUT2D eigenvalue weighted by atomic mass is 9.85. The van der Waals surface area contributed by atoms with E-state index in [-0.39, 0.29) is 5.82 Å². The lowest BCUT2D eigenvalue weighted by molar-refractivity contribution is 0.231. The van der Waals surface area contributed by atoms with Gasteiger partial charge in [0.05, 0.1) is 29.2 Å². The first-order valence-corrected chi connectivity index (χ1v) is 14.9. The Kier molecular flexibility index (Phi) is 7.94. The second kappa shape index (κ2) is 11.9. The average Bonchev–Trinajstić information content (AvgIpc) is 3.32. The van der Waals surface area contributed by atoms with Gasteiger partial charge in [-0.2, -0.15) is 5.26 Å². The molecule has 2 aromatic carbocycles. The van der Waals surface area contributed by atoms with Gasteiger partial charge in [0.1, 0.15) is 23.3 Å². The molecule has 1 saturated heterocycles. The quantitative estimate of drug-likeness (QED) is 0.240. The molecule has 0 amide bonds. The molecule has 0 N–H and O–H groups in total. The third-order valence-electron chi connectivity index (χ3n) is 8.75. The number of halogens is 1. The van der Waals surface area contributed by atoms with Crippen molar-refractivity contribution in [2.45, 2.75) is 45.8 Å². The highest BCUT2D eigenvalue weighted by molar-refractivity contribution is 5.81. The van der Waals surface area contributed by atoms with Crippen LogP contribution in [0.1, 0.15) is 48.7 Å². The minimum atomic E-state index is -0.370. The molecule has 0 unspecified atom stereocenters. The van der Waals surface area contributed by atoms with E-state index < -0.39 is 0 Å². The fraction of sp³-hybridized carbons (Fsp3) is 0.382. The van der Waals surface area contributed by atoms with Crippen LogP contribution in [0.3, 0.4) is 0 Å². The maximum atomic E-state index is 14.5. The number of pyridine rings is 1. The van der Waals surface area contributed by atoms with Crippen LogP contribution in [0.5, 0.6) is 0 Å². The summed E-state index contributed by atoms with van der Waals surface area (Å²) < 4.78 is 16.9. The van der Waals surface area contributed by atoms with Crippen LogP contribution in [-0.2, 0) is 19.6 Å². The van der Waals surface area contributed by atoms with Crippen molar-refractivity contribution in [1.29, 1.82) is 5.26 Å². The first-order chi connectivity index (χ1) is 20.4. The average molecular weight is 564 g/mol. The number of nitrogens with zero attached hydrogens (tertiary/aromatic N) is 7. The lowest BCUT2D eigenvalue weighted by Gasteiger charge is -2.36. The third-order valence-corrected chi connectivity index (χ3v) is 8.75. The molecule has 6 rings (SSSR count). The third kappa shape index (κ3) is 5.88. The number of nitriles is 1. The fourth-order valence-corrected chi connectivity index (χ4v) is 5.91. The molecule has 0 radical (unpaired) electrons. The Morgan fingerprint density at radius 2 is 1.88 bits per heavy atom. The highest BCUT2D eigenvalue weighted by Crippen LogP contribution is 2.31. The summed E-state index contributed by atoms with van der Waals surface area (Å²) in [5, 5.41) is 9.02. The Balaban J connectivity index is 1.12. The predicted molar refractivity (Wildman–Crippen MR) is 167 cm³/mol. The van der Waals surface area contributed by atoms with Gasteiger partial charge in [-0.3, -0.25) is 4.90 Å². The highest BCUT2D eigenvalue weighted by Gasteiger charge is 2.24. The van der Waals surface area contributed by atoms with E-state index in [2.05, 4.69) is 46.1 Å². The second-order valence-electron chi connectivity index (χ2n) is 11.8. The van der Waals surface area contributed by atoms with Crippen LogP contribution >= 0.6 is 0 Å². The summed E-state index contributed by atoms with van der Waals surface area (Å²) in [6.07, 6.45) is 3.95. The van der Waals surface area contributed by atoms with Crippen LogP contribution in [0.25, 0.3) is 16.6 Å². The van der Waals surface area contributed by atoms with Gasteiger partial charge in [-0.25, -0.2) is 14.4 Å². The molecule has 1 aliphatic heterocycles. The minimum absolute atomic E-state index is 0.325. The number of allylic oxidation sites excluding steroid dienone is 1. The van der Waals surface area contributed by atoms with Crippen LogP contribution in [0, 0.1) is 23.1 Å². The number of imidazole rings is 1. The zero-order chi connectivity index (χ0) is 29.2. The number of hydrogen-bond acceptors (Lipinski definition) is 6. The topological polar surface area (TPSA) is 64.2 Å². The zero-order valence-corrected chi connectivity index (χ0v) is 24.6. The van der Waals surface area contributed by atoms with E-state index >= 15 is 0 Å². The SMILES string of the molecule is C=C(C)c1ccc2nc(CN3CCN(c4cccc(N(C)Cc5ccc(C#N)cc5F)n4)CC3)n(CC3CCC3)c2c1. The molecule has 4 aromatic rings. The maximum absolute atomic E-state index is 14.5. The Hall–Kier alpha value is -4.22. The first kappa shape index (κ1) is 27.9. The van der Waals surface area contributed by atoms with E-state index in [1.807, 2.05) is 36.2 Å². The van der Waals surface area contributed by atoms with Crippen LogP contribution in [-0.4, -0.2) is 52.7 Å². The predicted octanol–water partition coefficient (Wildman–Crippen LogP) is 6.23. The van der Waals surface area contributed by atoms with Crippen molar-refractivity contribution in [3.8, 4) is 6.07 Å². The summed E-state index contributed by atoms with van der Waals surface area (Å²) in [6, 6.07) is 19.1. The second-order valence-corrected chi connectivity index (χ2v) is 11.8. The van der Waals surface area contributed by atoms with Crippen molar-refractivity contribution in [3.63, 3.8) is 0 Å². The normalized spacial score (nSPS) is 15.9. The van der Waals surface area contributed by atoms with E-state index in [0.29, 0.717) is 17.7 Å².